The van der Waals surface area contributed by atoms with E-state index in [1.807, 2.05) is 28.1 Å². The van der Waals surface area contributed by atoms with Crippen molar-refractivity contribution in [3.63, 3.8) is 0 Å². The van der Waals surface area contributed by atoms with E-state index in [1.54, 1.807) is 6.92 Å². The van der Waals surface area contributed by atoms with Gasteiger partial charge >= 0.3 is 0 Å². The van der Waals surface area contributed by atoms with E-state index in [4.69, 9.17) is 4.52 Å². The van der Waals surface area contributed by atoms with Gasteiger partial charge in [-0.25, -0.2) is 0 Å². The van der Waals surface area contributed by atoms with Crippen LogP contribution in [0.2, 0.25) is 0 Å². The van der Waals surface area contributed by atoms with Crippen LogP contribution in [0.4, 0.5) is 0 Å². The van der Waals surface area contributed by atoms with Crippen molar-refractivity contribution in [2.24, 2.45) is 0 Å². The van der Waals surface area contributed by atoms with E-state index < -0.39 is 13.2 Å². The van der Waals surface area contributed by atoms with Crippen LogP contribution in [0.25, 0.3) is 0 Å². The van der Waals surface area contributed by atoms with E-state index >= 15 is 0 Å². The Kier molecular flexibility index (Phi) is 5.91. The third-order valence-corrected chi connectivity index (χ3v) is 4.65. The summed E-state index contributed by atoms with van der Waals surface area (Å²) in [5.41, 5.74) is 0.811. The molecule has 0 fully saturated rings. The average Bonchev–Trinajstić information content (AvgIpc) is 2.11. The zero-order valence-electron chi connectivity index (χ0n) is 11.1. The topological polar surface area (TPSA) is 46.5 Å². The molecule has 0 saturated carbocycles. The number of aliphatic hydroxyl groups is 1. The van der Waals surface area contributed by atoms with Crippen LogP contribution in [0.15, 0.2) is 12.2 Å². The molecule has 4 nitrogen and oxygen atoms in total. The van der Waals surface area contributed by atoms with Crippen LogP contribution in [0, 0.1) is 0 Å². The third kappa shape index (κ3) is 5.80. The summed E-state index contributed by atoms with van der Waals surface area (Å²) in [7, 11) is 2.88. The van der Waals surface area contributed by atoms with E-state index in [9.17, 15) is 9.67 Å². The molecule has 0 amide bonds. The highest BCUT2D eigenvalue weighted by Gasteiger charge is 2.34. The summed E-state index contributed by atoms with van der Waals surface area (Å²) in [4.78, 5) is 0. The second-order valence-corrected chi connectivity index (χ2v) is 8.17. The number of hydrogen-bond donors (Lipinski definition) is 1. The summed E-state index contributed by atoms with van der Waals surface area (Å²) < 4.78 is 18.2. The molecule has 1 N–H and O–H groups in total. The van der Waals surface area contributed by atoms with Crippen molar-refractivity contribution in [1.82, 2.24) is 0 Å². The lowest BCUT2D eigenvalue weighted by molar-refractivity contribution is -0.872. The maximum atomic E-state index is 12.3. The van der Waals surface area contributed by atoms with Crippen LogP contribution >= 0.6 is 7.37 Å². The molecule has 0 heterocycles. The fourth-order valence-electron chi connectivity index (χ4n) is 1.22. The minimum absolute atomic E-state index is 0.249. The molecule has 96 valence electrons. The molecule has 0 spiro atoms. The molecular formula is C11H25NO3P+. The first kappa shape index (κ1) is 15.9. The summed E-state index contributed by atoms with van der Waals surface area (Å²) in [6.07, 6.45) is 0.349. The molecular weight excluding hydrogens is 225 g/mol. The molecule has 0 rings (SSSR count). The Morgan fingerprint density at radius 2 is 2.00 bits per heavy atom. The predicted octanol–water partition coefficient (Wildman–Crippen LogP) is 1.90. The number of likely N-dealkylation sites (N-methyl/N-ethyl adjacent to an activating group) is 1. The molecule has 0 saturated heterocycles. The Hall–Kier alpha value is -0.150. The van der Waals surface area contributed by atoms with Crippen LogP contribution in [0.1, 0.15) is 13.8 Å². The predicted molar refractivity (Wildman–Crippen MR) is 67.8 cm³/mol. The Balaban J connectivity index is 4.56. The van der Waals surface area contributed by atoms with Gasteiger partial charge in [0.1, 0.15) is 6.54 Å². The quantitative estimate of drug-likeness (QED) is 0.426. The SMILES string of the molecule is C=C(C)COP(=O)(CC)C(O)C[N+](C)(C)C. The standard InChI is InChI=1S/C11H25NO3P/c1-7-16(14,15-9-10(2)3)11(13)8-12(4,5)6/h11,13H,2,7-9H2,1,3-6H3/q+1. The van der Waals surface area contributed by atoms with E-state index in [-0.39, 0.29) is 6.61 Å². The highest BCUT2D eigenvalue weighted by atomic mass is 31.2. The van der Waals surface area contributed by atoms with Gasteiger partial charge in [-0.05, 0) is 6.92 Å². The van der Waals surface area contributed by atoms with Crippen molar-refractivity contribution in [2.45, 2.75) is 19.7 Å². The van der Waals surface area contributed by atoms with Gasteiger partial charge in [-0.3, -0.25) is 4.57 Å². The first-order valence-electron chi connectivity index (χ1n) is 5.47. The highest BCUT2D eigenvalue weighted by Crippen LogP contribution is 2.51. The summed E-state index contributed by atoms with van der Waals surface area (Å²) in [5.74, 6) is -0.906. The van der Waals surface area contributed by atoms with Gasteiger partial charge in [0, 0.05) is 6.16 Å². The first-order chi connectivity index (χ1) is 7.10. The highest BCUT2D eigenvalue weighted by molar-refractivity contribution is 7.59. The molecule has 0 aromatic heterocycles. The van der Waals surface area contributed by atoms with E-state index in [0.29, 0.717) is 17.2 Å². The second-order valence-electron chi connectivity index (χ2n) is 5.23. The minimum Gasteiger partial charge on any atom is -0.378 e. The first-order valence-corrected chi connectivity index (χ1v) is 7.35. The van der Waals surface area contributed by atoms with Crippen molar-refractivity contribution >= 4 is 7.37 Å². The van der Waals surface area contributed by atoms with Gasteiger partial charge < -0.3 is 14.1 Å². The molecule has 0 aromatic rings. The molecule has 0 aliphatic heterocycles. The molecule has 0 aliphatic carbocycles. The van der Waals surface area contributed by atoms with Crippen molar-refractivity contribution in [3.05, 3.63) is 12.2 Å². The Labute approximate surface area is 99.0 Å². The van der Waals surface area contributed by atoms with Crippen LogP contribution in [-0.4, -0.2) is 55.9 Å². The van der Waals surface area contributed by atoms with E-state index in [2.05, 4.69) is 6.58 Å². The zero-order chi connectivity index (χ0) is 13.0. The number of hydrogen-bond acceptors (Lipinski definition) is 3. The normalized spacial score (nSPS) is 17.9. The molecule has 5 heteroatoms. The summed E-state index contributed by atoms with van der Waals surface area (Å²) in [5, 5.41) is 9.98. The third-order valence-electron chi connectivity index (χ3n) is 2.14. The fraction of sp³-hybridized carbons (Fsp3) is 0.818. The Morgan fingerprint density at radius 1 is 1.50 bits per heavy atom. The van der Waals surface area contributed by atoms with E-state index in [1.165, 1.54) is 0 Å². The number of nitrogens with zero attached hydrogens (tertiary/aromatic N) is 1. The maximum Gasteiger partial charge on any atom is 0.236 e. The lowest BCUT2D eigenvalue weighted by Crippen LogP contribution is -2.41. The lowest BCUT2D eigenvalue weighted by Gasteiger charge is -2.30. The Morgan fingerprint density at radius 3 is 2.31 bits per heavy atom. The number of rotatable bonds is 7. The molecule has 0 bridgehead atoms. The lowest BCUT2D eigenvalue weighted by atomic mass is 10.4. The van der Waals surface area contributed by atoms with Crippen LogP contribution < -0.4 is 0 Å². The maximum absolute atomic E-state index is 12.3. The van der Waals surface area contributed by atoms with Gasteiger partial charge in [0.25, 0.3) is 0 Å². The molecule has 0 aromatic carbocycles. The van der Waals surface area contributed by atoms with Crippen molar-refractivity contribution in [2.75, 3.05) is 40.5 Å². The summed E-state index contributed by atoms with van der Waals surface area (Å²) in [6.45, 7) is 7.95. The van der Waals surface area contributed by atoms with Gasteiger partial charge in [-0.15, -0.1) is 0 Å². The molecule has 2 atom stereocenters. The average molecular weight is 250 g/mol. The van der Waals surface area contributed by atoms with Crippen molar-refractivity contribution in [1.29, 1.82) is 0 Å². The molecule has 0 aliphatic rings. The number of quaternary nitrogens is 1. The zero-order valence-corrected chi connectivity index (χ0v) is 12.0. The summed E-state index contributed by atoms with van der Waals surface area (Å²) >= 11 is 0. The summed E-state index contributed by atoms with van der Waals surface area (Å²) in [6, 6.07) is 0. The van der Waals surface area contributed by atoms with Gasteiger partial charge in [0.05, 0.1) is 27.7 Å². The van der Waals surface area contributed by atoms with E-state index in [0.717, 1.165) is 5.57 Å². The minimum atomic E-state index is -2.96. The van der Waals surface area contributed by atoms with Crippen LogP contribution in [0.3, 0.4) is 0 Å². The fourth-order valence-corrected chi connectivity index (χ4v) is 3.18. The molecule has 0 radical (unpaired) electrons. The smallest absolute Gasteiger partial charge is 0.236 e. The Bertz CT molecular complexity index is 283. The van der Waals surface area contributed by atoms with Crippen LogP contribution in [-0.2, 0) is 9.09 Å². The van der Waals surface area contributed by atoms with Gasteiger partial charge in [-0.2, -0.15) is 0 Å². The second kappa shape index (κ2) is 5.97. The van der Waals surface area contributed by atoms with Crippen LogP contribution in [0.5, 0.6) is 0 Å². The van der Waals surface area contributed by atoms with Gasteiger partial charge in [0.15, 0.2) is 5.85 Å². The number of aliphatic hydroxyl groups excluding tert-OH is 1. The van der Waals surface area contributed by atoms with Crippen molar-refractivity contribution in [3.8, 4) is 0 Å². The largest absolute Gasteiger partial charge is 0.378 e. The molecule has 2 unspecified atom stereocenters. The van der Waals surface area contributed by atoms with Crippen molar-refractivity contribution < 1.29 is 18.7 Å². The monoisotopic (exact) mass is 250 g/mol. The van der Waals surface area contributed by atoms with Gasteiger partial charge in [-0.1, -0.05) is 19.1 Å². The van der Waals surface area contributed by atoms with Gasteiger partial charge in [0.2, 0.25) is 7.37 Å². The molecule has 16 heavy (non-hydrogen) atoms.